The van der Waals surface area contributed by atoms with Crippen LogP contribution in [0.25, 0.3) is 0 Å². The van der Waals surface area contributed by atoms with Gasteiger partial charge in [0.15, 0.2) is 0 Å². The van der Waals surface area contributed by atoms with E-state index in [2.05, 4.69) is 15.1 Å². The monoisotopic (exact) mass is 334 g/mol. The molecule has 1 saturated carbocycles. The largest absolute Gasteiger partial charge is 0.424 e. The van der Waals surface area contributed by atoms with Crippen molar-refractivity contribution in [1.82, 2.24) is 20.0 Å². The molecule has 4 rings (SSSR count). The van der Waals surface area contributed by atoms with Crippen LogP contribution in [0.5, 0.6) is 0 Å². The van der Waals surface area contributed by atoms with Gasteiger partial charge in [-0.1, -0.05) is 0 Å². The summed E-state index contributed by atoms with van der Waals surface area (Å²) in [6.45, 7) is 3.96. The van der Waals surface area contributed by atoms with Crippen molar-refractivity contribution in [2.75, 3.05) is 32.8 Å². The summed E-state index contributed by atoms with van der Waals surface area (Å²) in [7, 11) is 0. The fraction of sp³-hybridized carbons (Fsp3) is 0.824. The summed E-state index contributed by atoms with van der Waals surface area (Å²) >= 11 is 0. The average Bonchev–Trinajstić information content (AvgIpc) is 3.32. The average molecular weight is 334 g/mol. The topological polar surface area (TPSA) is 82.7 Å². The van der Waals surface area contributed by atoms with E-state index < -0.39 is 0 Å². The number of carbonyl (C=O) groups excluding carboxylic acids is 1. The molecule has 0 bridgehead atoms. The highest BCUT2D eigenvalue weighted by molar-refractivity contribution is 5.77. The maximum absolute atomic E-state index is 12.0. The van der Waals surface area contributed by atoms with E-state index in [-0.39, 0.29) is 17.9 Å². The van der Waals surface area contributed by atoms with Crippen molar-refractivity contribution in [2.24, 2.45) is 5.41 Å². The van der Waals surface area contributed by atoms with E-state index in [4.69, 9.17) is 4.42 Å². The number of aliphatic hydroxyl groups is 1. The molecule has 1 aliphatic carbocycles. The molecule has 1 atom stereocenters. The SMILES string of the molecule is O=C1CC[C@]2(CCCN(Cc3nnc(C4CC4)o3)C2)CN1CCO. The maximum atomic E-state index is 12.0. The van der Waals surface area contributed by atoms with Gasteiger partial charge in [-0.15, -0.1) is 10.2 Å². The van der Waals surface area contributed by atoms with Crippen LogP contribution >= 0.6 is 0 Å². The van der Waals surface area contributed by atoms with Crippen LogP contribution in [0, 0.1) is 5.41 Å². The zero-order valence-electron chi connectivity index (χ0n) is 14.1. The van der Waals surface area contributed by atoms with Gasteiger partial charge in [0, 0.05) is 37.4 Å². The number of β-amino-alcohol motifs (C(OH)–C–C–N with tert-alkyl or cyclic N) is 1. The van der Waals surface area contributed by atoms with Crippen LogP contribution in [0.2, 0.25) is 0 Å². The summed E-state index contributed by atoms with van der Waals surface area (Å²) in [5.74, 6) is 2.19. The molecule has 3 fully saturated rings. The quantitative estimate of drug-likeness (QED) is 0.869. The van der Waals surface area contributed by atoms with Crippen LogP contribution in [-0.4, -0.2) is 63.8 Å². The smallest absolute Gasteiger partial charge is 0.230 e. The molecule has 1 spiro atoms. The van der Waals surface area contributed by atoms with Gasteiger partial charge in [-0.3, -0.25) is 9.69 Å². The Balaban J connectivity index is 1.39. The minimum absolute atomic E-state index is 0.0391. The van der Waals surface area contributed by atoms with Crippen LogP contribution < -0.4 is 0 Å². The number of piperidine rings is 2. The second-order valence-corrected chi connectivity index (χ2v) is 7.66. The Kier molecular flexibility index (Phi) is 4.30. The molecule has 7 nitrogen and oxygen atoms in total. The van der Waals surface area contributed by atoms with Crippen molar-refractivity contribution in [3.05, 3.63) is 11.8 Å². The van der Waals surface area contributed by atoms with E-state index in [0.717, 1.165) is 44.8 Å². The number of hydrogen-bond acceptors (Lipinski definition) is 6. The molecule has 2 aliphatic heterocycles. The van der Waals surface area contributed by atoms with Gasteiger partial charge >= 0.3 is 0 Å². The predicted octanol–water partition coefficient (Wildman–Crippen LogP) is 1.14. The van der Waals surface area contributed by atoms with Crippen LogP contribution in [-0.2, 0) is 11.3 Å². The van der Waals surface area contributed by atoms with Gasteiger partial charge in [0.25, 0.3) is 0 Å². The first kappa shape index (κ1) is 16.0. The Morgan fingerprint density at radius 1 is 1.25 bits per heavy atom. The third-order valence-electron chi connectivity index (χ3n) is 5.63. The number of aliphatic hydroxyl groups excluding tert-OH is 1. The number of nitrogens with zero attached hydrogens (tertiary/aromatic N) is 4. The van der Waals surface area contributed by atoms with Crippen molar-refractivity contribution in [1.29, 1.82) is 0 Å². The van der Waals surface area contributed by atoms with Crippen LogP contribution in [0.4, 0.5) is 0 Å². The van der Waals surface area contributed by atoms with Gasteiger partial charge in [-0.25, -0.2) is 0 Å². The van der Waals surface area contributed by atoms with Crippen LogP contribution in [0.15, 0.2) is 4.42 Å². The Morgan fingerprint density at radius 3 is 2.92 bits per heavy atom. The molecule has 2 saturated heterocycles. The van der Waals surface area contributed by atoms with E-state index in [1.54, 1.807) is 0 Å². The van der Waals surface area contributed by atoms with Crippen LogP contribution in [0.3, 0.4) is 0 Å². The number of carbonyl (C=O) groups is 1. The zero-order chi connectivity index (χ0) is 16.6. The lowest BCUT2D eigenvalue weighted by atomic mass is 9.73. The minimum Gasteiger partial charge on any atom is -0.424 e. The lowest BCUT2D eigenvalue weighted by Crippen LogP contribution is -2.54. The molecule has 1 aromatic heterocycles. The van der Waals surface area contributed by atoms with Gasteiger partial charge in [0.05, 0.1) is 13.2 Å². The molecule has 132 valence electrons. The minimum atomic E-state index is 0.0391. The fourth-order valence-electron chi connectivity index (χ4n) is 4.22. The number of likely N-dealkylation sites (tertiary alicyclic amines) is 2. The summed E-state index contributed by atoms with van der Waals surface area (Å²) in [5, 5.41) is 17.6. The second kappa shape index (κ2) is 6.44. The van der Waals surface area contributed by atoms with Gasteiger partial charge in [0.2, 0.25) is 17.7 Å². The summed E-state index contributed by atoms with van der Waals surface area (Å²) < 4.78 is 5.80. The number of hydrogen-bond donors (Lipinski definition) is 1. The molecule has 0 aromatic carbocycles. The van der Waals surface area contributed by atoms with Crippen molar-refractivity contribution >= 4 is 5.91 Å². The lowest BCUT2D eigenvalue weighted by Gasteiger charge is -2.48. The summed E-state index contributed by atoms with van der Waals surface area (Å²) in [5.41, 5.74) is 0.153. The third kappa shape index (κ3) is 3.32. The molecule has 0 radical (unpaired) electrons. The Hall–Kier alpha value is -1.47. The first-order chi connectivity index (χ1) is 11.7. The van der Waals surface area contributed by atoms with E-state index in [9.17, 15) is 9.90 Å². The fourth-order valence-corrected chi connectivity index (χ4v) is 4.22. The first-order valence-electron chi connectivity index (χ1n) is 9.11. The third-order valence-corrected chi connectivity index (χ3v) is 5.63. The van der Waals surface area contributed by atoms with E-state index >= 15 is 0 Å². The maximum Gasteiger partial charge on any atom is 0.230 e. The van der Waals surface area contributed by atoms with Crippen LogP contribution in [0.1, 0.15) is 56.2 Å². The lowest BCUT2D eigenvalue weighted by molar-refractivity contribution is -0.140. The Bertz CT molecular complexity index is 600. The van der Waals surface area contributed by atoms with E-state index in [1.807, 2.05) is 4.90 Å². The molecule has 3 aliphatic rings. The van der Waals surface area contributed by atoms with Gasteiger partial charge in [-0.2, -0.15) is 0 Å². The van der Waals surface area contributed by atoms with Crippen molar-refractivity contribution in [2.45, 2.75) is 51.0 Å². The van der Waals surface area contributed by atoms with Crippen molar-refractivity contribution < 1.29 is 14.3 Å². The van der Waals surface area contributed by atoms with Crippen molar-refractivity contribution in [3.63, 3.8) is 0 Å². The second-order valence-electron chi connectivity index (χ2n) is 7.66. The summed E-state index contributed by atoms with van der Waals surface area (Å²) in [6, 6.07) is 0. The molecule has 7 heteroatoms. The normalized spacial score (nSPS) is 28.7. The van der Waals surface area contributed by atoms with Gasteiger partial charge in [0.1, 0.15) is 0 Å². The summed E-state index contributed by atoms with van der Waals surface area (Å²) in [6.07, 6.45) is 6.16. The number of rotatable bonds is 5. The Morgan fingerprint density at radius 2 is 2.12 bits per heavy atom. The molecule has 0 unspecified atom stereocenters. The summed E-state index contributed by atoms with van der Waals surface area (Å²) in [4.78, 5) is 16.3. The molecular weight excluding hydrogens is 308 g/mol. The standard InChI is InChI=1S/C17H26N4O3/c22-9-8-21-12-17(6-4-15(21)23)5-1-7-20(11-17)10-14-18-19-16(24-14)13-2-3-13/h13,22H,1-12H2/t17-/m0/s1. The Labute approximate surface area is 142 Å². The highest BCUT2D eigenvalue weighted by Gasteiger charge is 2.41. The number of amides is 1. The van der Waals surface area contributed by atoms with E-state index in [1.165, 1.54) is 12.8 Å². The number of aromatic nitrogens is 2. The van der Waals surface area contributed by atoms with Crippen molar-refractivity contribution in [3.8, 4) is 0 Å². The predicted molar refractivity (Wildman–Crippen MR) is 86.1 cm³/mol. The molecular formula is C17H26N4O3. The molecule has 24 heavy (non-hydrogen) atoms. The molecule has 1 aromatic rings. The van der Waals surface area contributed by atoms with Gasteiger partial charge in [-0.05, 0) is 38.6 Å². The first-order valence-corrected chi connectivity index (χ1v) is 9.11. The molecule has 3 heterocycles. The highest BCUT2D eigenvalue weighted by Crippen LogP contribution is 2.40. The van der Waals surface area contributed by atoms with E-state index in [0.29, 0.717) is 31.3 Å². The van der Waals surface area contributed by atoms with Gasteiger partial charge < -0.3 is 14.4 Å². The molecule has 1 N–H and O–H groups in total. The zero-order valence-corrected chi connectivity index (χ0v) is 14.1. The highest BCUT2D eigenvalue weighted by atomic mass is 16.4. The molecule has 1 amide bonds.